The van der Waals surface area contributed by atoms with Gasteiger partial charge in [-0.15, -0.1) is 11.3 Å². The zero-order valence-electron chi connectivity index (χ0n) is 27.4. The number of urea groups is 1. The van der Waals surface area contributed by atoms with E-state index in [1.54, 1.807) is 11.3 Å². The molecule has 4 aliphatic rings. The van der Waals surface area contributed by atoms with Crippen molar-refractivity contribution in [1.82, 2.24) is 30.2 Å². The van der Waals surface area contributed by atoms with Crippen molar-refractivity contribution >= 4 is 29.2 Å². The predicted octanol–water partition coefficient (Wildman–Crippen LogP) is 4.53. The average molecular weight is 629 g/mol. The van der Waals surface area contributed by atoms with Crippen LogP contribution in [0.4, 0.5) is 4.79 Å². The monoisotopic (exact) mass is 628 g/mol. The minimum atomic E-state index is -0.481. The Morgan fingerprint density at radius 1 is 0.977 bits per heavy atom. The van der Waals surface area contributed by atoms with E-state index in [1.165, 1.54) is 32.1 Å². The average Bonchev–Trinajstić information content (AvgIpc) is 3.56. The third kappa shape index (κ3) is 8.75. The van der Waals surface area contributed by atoms with E-state index in [1.807, 2.05) is 27.3 Å². The Balaban J connectivity index is 1.26. The largest absolute Gasteiger partial charge is 0.351 e. The second-order valence-electron chi connectivity index (χ2n) is 14.3. The standard InChI is InChI=1S/C34H56N6O3S/c1-37(2)19-8-7-13-30(38(3)26-10-5-4-6-11-26)32(42)40-20-14-29(28(25-40)31(41)35-24-27-12-9-23-44-27)36-33(43)39-21-17-34(15-16-34)18-22-39/h9,12,23,26,28-30H,4-8,10-11,13-22,24-25H2,1-3H3,(H,35,41)(H,36,43)/t28-,29+,30+/m0/s1. The molecule has 0 aromatic carbocycles. The van der Waals surface area contributed by atoms with E-state index in [9.17, 15) is 14.4 Å². The summed E-state index contributed by atoms with van der Waals surface area (Å²) in [4.78, 5) is 51.0. The van der Waals surface area contributed by atoms with Gasteiger partial charge >= 0.3 is 6.03 Å². The van der Waals surface area contributed by atoms with Crippen molar-refractivity contribution in [2.75, 3.05) is 53.9 Å². The second kappa shape index (κ2) is 15.4. The zero-order valence-corrected chi connectivity index (χ0v) is 28.2. The summed E-state index contributed by atoms with van der Waals surface area (Å²) in [6, 6.07) is 3.92. The minimum Gasteiger partial charge on any atom is -0.351 e. The lowest BCUT2D eigenvalue weighted by Crippen LogP contribution is -2.61. The lowest BCUT2D eigenvalue weighted by Gasteiger charge is -2.43. The topological polar surface area (TPSA) is 88.2 Å². The molecule has 2 aliphatic carbocycles. The van der Waals surface area contributed by atoms with E-state index >= 15 is 0 Å². The molecule has 10 heteroatoms. The highest BCUT2D eigenvalue weighted by Crippen LogP contribution is 2.53. The van der Waals surface area contributed by atoms with Crippen LogP contribution in [0.1, 0.15) is 88.3 Å². The molecule has 4 fully saturated rings. The third-order valence-corrected chi connectivity index (χ3v) is 11.8. The van der Waals surface area contributed by atoms with Gasteiger partial charge in [0, 0.05) is 43.1 Å². The van der Waals surface area contributed by atoms with Gasteiger partial charge in [-0.2, -0.15) is 0 Å². The van der Waals surface area contributed by atoms with Crippen molar-refractivity contribution in [1.29, 1.82) is 0 Å². The molecule has 1 aromatic heterocycles. The fourth-order valence-corrected chi connectivity index (χ4v) is 8.29. The van der Waals surface area contributed by atoms with E-state index in [4.69, 9.17) is 0 Å². The normalized spacial score (nSPS) is 24.5. The Hall–Kier alpha value is -2.17. The van der Waals surface area contributed by atoms with Gasteiger partial charge in [0.1, 0.15) is 0 Å². The first-order chi connectivity index (χ1) is 21.2. The molecular weight excluding hydrogens is 572 g/mol. The molecule has 0 radical (unpaired) electrons. The van der Waals surface area contributed by atoms with Gasteiger partial charge in [-0.3, -0.25) is 14.5 Å². The number of nitrogens with one attached hydrogen (secondary N) is 2. The molecule has 3 heterocycles. The van der Waals surface area contributed by atoms with Crippen LogP contribution in [0.3, 0.4) is 0 Å². The van der Waals surface area contributed by atoms with Gasteiger partial charge in [0.2, 0.25) is 11.8 Å². The van der Waals surface area contributed by atoms with Crippen LogP contribution in [-0.2, 0) is 16.1 Å². The summed E-state index contributed by atoms with van der Waals surface area (Å²) in [5, 5.41) is 8.39. The highest BCUT2D eigenvalue weighted by molar-refractivity contribution is 7.09. The van der Waals surface area contributed by atoms with Gasteiger partial charge in [0.15, 0.2) is 0 Å². The molecule has 3 atom stereocenters. The third-order valence-electron chi connectivity index (χ3n) is 10.9. The molecule has 0 bridgehead atoms. The maximum absolute atomic E-state index is 14.3. The van der Waals surface area contributed by atoms with Crippen LogP contribution in [0.5, 0.6) is 0 Å². The smallest absolute Gasteiger partial charge is 0.317 e. The Morgan fingerprint density at radius 2 is 1.73 bits per heavy atom. The van der Waals surface area contributed by atoms with Crippen LogP contribution in [-0.4, -0.2) is 109 Å². The lowest BCUT2D eigenvalue weighted by atomic mass is 9.89. The number of unbranched alkanes of at least 4 members (excludes halogenated alkanes) is 1. The Kier molecular flexibility index (Phi) is 11.6. The Labute approximate surface area is 269 Å². The Bertz CT molecular complexity index is 1080. The van der Waals surface area contributed by atoms with Crippen LogP contribution in [0.2, 0.25) is 0 Å². The van der Waals surface area contributed by atoms with Crippen LogP contribution in [0, 0.1) is 11.3 Å². The summed E-state index contributed by atoms with van der Waals surface area (Å²) in [5.41, 5.74) is 0.500. The molecule has 2 saturated heterocycles. The van der Waals surface area contributed by atoms with Crippen molar-refractivity contribution in [2.24, 2.45) is 11.3 Å². The molecule has 5 rings (SSSR count). The van der Waals surface area contributed by atoms with Crippen molar-refractivity contribution in [3.05, 3.63) is 22.4 Å². The van der Waals surface area contributed by atoms with Crippen molar-refractivity contribution in [3.8, 4) is 0 Å². The predicted molar refractivity (Wildman–Crippen MR) is 176 cm³/mol. The summed E-state index contributed by atoms with van der Waals surface area (Å²) >= 11 is 1.62. The van der Waals surface area contributed by atoms with Gasteiger partial charge in [-0.05, 0) is 102 Å². The summed E-state index contributed by atoms with van der Waals surface area (Å²) in [6.45, 7) is 3.98. The minimum absolute atomic E-state index is 0.0582. The molecule has 0 unspecified atom stereocenters. The SMILES string of the molecule is CN(C)CCCC[C@H](C(=O)N1CC[C@@H](NC(=O)N2CCC3(CC2)CC3)[C@@H](C(=O)NCc2cccs2)C1)N(C)C1CCCCC1. The molecular formula is C34H56N6O3S. The number of hydrogen-bond acceptors (Lipinski definition) is 6. The fraction of sp³-hybridized carbons (Fsp3) is 0.794. The summed E-state index contributed by atoms with van der Waals surface area (Å²) in [7, 11) is 6.34. The zero-order chi connectivity index (χ0) is 31.1. The van der Waals surface area contributed by atoms with Crippen molar-refractivity contribution < 1.29 is 14.4 Å². The van der Waals surface area contributed by atoms with Crippen molar-refractivity contribution in [3.63, 3.8) is 0 Å². The number of likely N-dealkylation sites (N-methyl/N-ethyl adjacent to an activating group) is 1. The molecule has 1 aromatic rings. The molecule has 44 heavy (non-hydrogen) atoms. The number of likely N-dealkylation sites (tertiary alicyclic amines) is 2. The molecule has 2 N–H and O–H groups in total. The number of rotatable bonds is 12. The number of nitrogens with zero attached hydrogens (tertiary/aromatic N) is 4. The number of amides is 4. The van der Waals surface area contributed by atoms with Gasteiger partial charge in [0.25, 0.3) is 0 Å². The first-order valence-corrected chi connectivity index (χ1v) is 18.1. The molecule has 4 amide bonds. The van der Waals surface area contributed by atoms with Crippen LogP contribution >= 0.6 is 11.3 Å². The highest BCUT2D eigenvalue weighted by atomic mass is 32.1. The summed E-state index contributed by atoms with van der Waals surface area (Å²) < 4.78 is 0. The first kappa shape index (κ1) is 33.2. The fourth-order valence-electron chi connectivity index (χ4n) is 7.64. The van der Waals surface area contributed by atoms with Crippen LogP contribution in [0.25, 0.3) is 0 Å². The maximum Gasteiger partial charge on any atom is 0.317 e. The Morgan fingerprint density at radius 3 is 2.39 bits per heavy atom. The highest BCUT2D eigenvalue weighted by Gasteiger charge is 2.46. The van der Waals surface area contributed by atoms with Gasteiger partial charge in [-0.1, -0.05) is 31.7 Å². The van der Waals surface area contributed by atoms with E-state index in [0.29, 0.717) is 37.5 Å². The van der Waals surface area contributed by atoms with E-state index in [2.05, 4.69) is 41.6 Å². The maximum atomic E-state index is 14.3. The van der Waals surface area contributed by atoms with Gasteiger partial charge in [0.05, 0.1) is 18.5 Å². The van der Waals surface area contributed by atoms with E-state index < -0.39 is 5.92 Å². The van der Waals surface area contributed by atoms with Gasteiger partial charge < -0.3 is 25.3 Å². The molecule has 2 aliphatic heterocycles. The van der Waals surface area contributed by atoms with Crippen LogP contribution < -0.4 is 10.6 Å². The van der Waals surface area contributed by atoms with Crippen molar-refractivity contribution in [2.45, 2.75) is 108 Å². The number of carbonyl (C=O) groups is 3. The van der Waals surface area contributed by atoms with E-state index in [-0.39, 0.29) is 29.9 Å². The van der Waals surface area contributed by atoms with Crippen LogP contribution in [0.15, 0.2) is 17.5 Å². The lowest BCUT2D eigenvalue weighted by molar-refractivity contribution is -0.142. The molecule has 9 nitrogen and oxygen atoms in total. The second-order valence-corrected chi connectivity index (χ2v) is 15.3. The van der Waals surface area contributed by atoms with Gasteiger partial charge in [-0.25, -0.2) is 4.79 Å². The number of hydrogen-bond donors (Lipinski definition) is 2. The quantitative estimate of drug-likeness (QED) is 0.332. The molecule has 246 valence electrons. The molecule has 1 spiro atoms. The van der Waals surface area contributed by atoms with E-state index in [0.717, 1.165) is 69.5 Å². The summed E-state index contributed by atoms with van der Waals surface area (Å²) in [5.74, 6) is -0.417. The number of thiophene rings is 1. The number of piperidine rings is 2. The molecule has 2 saturated carbocycles. The first-order valence-electron chi connectivity index (χ1n) is 17.3. The summed E-state index contributed by atoms with van der Waals surface area (Å²) in [6.07, 6.45) is 14.3. The number of carbonyl (C=O) groups excluding carboxylic acids is 3.